The van der Waals surface area contributed by atoms with Crippen molar-refractivity contribution in [2.45, 2.75) is 25.3 Å². The first-order valence-corrected chi connectivity index (χ1v) is 7.79. The average Bonchev–Trinajstić information content (AvgIpc) is 2.50. The van der Waals surface area contributed by atoms with Gasteiger partial charge in [0.05, 0.1) is 16.1 Å². The lowest BCUT2D eigenvalue weighted by Gasteiger charge is -2.26. The Balaban J connectivity index is 1.85. The molecule has 0 radical (unpaired) electrons. The van der Waals surface area contributed by atoms with E-state index in [4.69, 9.17) is 0 Å². The van der Waals surface area contributed by atoms with Gasteiger partial charge >= 0.3 is 0 Å². The Morgan fingerprint density at radius 1 is 1.19 bits per heavy atom. The molecule has 1 amide bonds. The summed E-state index contributed by atoms with van der Waals surface area (Å²) in [4.78, 5) is 12.4. The molecule has 2 nitrogen and oxygen atoms in total. The van der Waals surface area contributed by atoms with Gasteiger partial charge in [-0.1, -0.05) is 30.3 Å². The molecular formula is C17H15BrFNO. The van der Waals surface area contributed by atoms with Gasteiger partial charge in [0.1, 0.15) is 5.82 Å². The second kappa shape index (κ2) is 5.98. The Labute approximate surface area is 131 Å². The average molecular weight is 348 g/mol. The quantitative estimate of drug-likeness (QED) is 0.857. The molecule has 21 heavy (non-hydrogen) atoms. The molecule has 0 heterocycles. The van der Waals surface area contributed by atoms with Crippen LogP contribution >= 0.6 is 15.9 Å². The fourth-order valence-electron chi connectivity index (χ4n) is 2.82. The van der Waals surface area contributed by atoms with Gasteiger partial charge in [0, 0.05) is 0 Å². The lowest BCUT2D eigenvalue weighted by atomic mass is 9.87. The molecule has 2 aromatic rings. The zero-order valence-electron chi connectivity index (χ0n) is 11.4. The number of carbonyl (C=O) groups is 1. The van der Waals surface area contributed by atoms with Crippen molar-refractivity contribution in [2.75, 3.05) is 0 Å². The Hall–Kier alpha value is -1.68. The van der Waals surface area contributed by atoms with Crippen molar-refractivity contribution in [1.82, 2.24) is 5.32 Å². The molecule has 3 rings (SSSR count). The van der Waals surface area contributed by atoms with E-state index in [1.54, 1.807) is 12.1 Å². The number of hydrogen-bond donors (Lipinski definition) is 1. The highest BCUT2D eigenvalue weighted by atomic mass is 79.9. The van der Waals surface area contributed by atoms with Crippen LogP contribution in [0.5, 0.6) is 0 Å². The Kier molecular flexibility index (Phi) is 4.06. The number of benzene rings is 2. The van der Waals surface area contributed by atoms with Crippen LogP contribution in [-0.2, 0) is 6.42 Å². The van der Waals surface area contributed by atoms with Crippen molar-refractivity contribution in [3.63, 3.8) is 0 Å². The van der Waals surface area contributed by atoms with Crippen molar-refractivity contribution >= 4 is 21.8 Å². The van der Waals surface area contributed by atoms with E-state index in [9.17, 15) is 9.18 Å². The zero-order chi connectivity index (χ0) is 14.8. The Morgan fingerprint density at radius 2 is 2.00 bits per heavy atom. The molecule has 0 spiro atoms. The van der Waals surface area contributed by atoms with E-state index in [1.165, 1.54) is 17.2 Å². The molecule has 0 aliphatic heterocycles. The Morgan fingerprint density at radius 3 is 2.86 bits per heavy atom. The molecule has 1 aliphatic carbocycles. The fraction of sp³-hybridized carbons (Fsp3) is 0.235. The third-order valence-corrected chi connectivity index (χ3v) is 4.68. The summed E-state index contributed by atoms with van der Waals surface area (Å²) in [5, 5.41) is 3.02. The topological polar surface area (TPSA) is 29.1 Å². The lowest BCUT2D eigenvalue weighted by molar-refractivity contribution is 0.0931. The highest BCUT2D eigenvalue weighted by Gasteiger charge is 2.23. The summed E-state index contributed by atoms with van der Waals surface area (Å²) in [7, 11) is 0. The van der Waals surface area contributed by atoms with Gasteiger partial charge in [-0.05, 0) is 58.5 Å². The number of rotatable bonds is 2. The van der Waals surface area contributed by atoms with Crippen molar-refractivity contribution in [3.8, 4) is 0 Å². The van der Waals surface area contributed by atoms with Crippen LogP contribution in [0.25, 0.3) is 0 Å². The molecule has 1 atom stereocenters. The van der Waals surface area contributed by atoms with Gasteiger partial charge in [0.25, 0.3) is 5.91 Å². The summed E-state index contributed by atoms with van der Waals surface area (Å²) in [6, 6.07) is 12.7. The minimum absolute atomic E-state index is 0.00221. The predicted octanol–water partition coefficient (Wildman–Crippen LogP) is 4.40. The van der Waals surface area contributed by atoms with Crippen LogP contribution in [0.1, 0.15) is 40.4 Å². The second-order valence-corrected chi connectivity index (χ2v) is 6.01. The molecule has 1 aliphatic rings. The predicted molar refractivity (Wildman–Crippen MR) is 83.7 cm³/mol. The first kappa shape index (κ1) is 14.3. The first-order valence-electron chi connectivity index (χ1n) is 6.99. The van der Waals surface area contributed by atoms with E-state index in [2.05, 4.69) is 33.4 Å². The number of carbonyl (C=O) groups excluding carboxylic acids is 1. The normalized spacial score (nSPS) is 17.1. The maximum Gasteiger partial charge on any atom is 0.253 e. The van der Waals surface area contributed by atoms with Crippen molar-refractivity contribution in [2.24, 2.45) is 0 Å². The van der Waals surface area contributed by atoms with Crippen molar-refractivity contribution in [3.05, 3.63) is 69.4 Å². The van der Waals surface area contributed by atoms with E-state index >= 15 is 0 Å². The molecule has 1 N–H and O–H groups in total. The first-order chi connectivity index (χ1) is 10.2. The third kappa shape index (κ3) is 2.86. The molecule has 2 aromatic carbocycles. The van der Waals surface area contributed by atoms with E-state index in [1.807, 2.05) is 12.1 Å². The molecule has 4 heteroatoms. The van der Waals surface area contributed by atoms with Crippen LogP contribution in [0.2, 0.25) is 0 Å². The van der Waals surface area contributed by atoms with Gasteiger partial charge in [-0.25, -0.2) is 4.39 Å². The number of fused-ring (bicyclic) bond motifs is 1. The molecular weight excluding hydrogens is 333 g/mol. The standard InChI is InChI=1S/C17H15BrFNO/c18-16-13(8-4-9-14(16)19)17(21)20-15-10-3-6-11-5-1-2-7-12(11)15/h1-2,4-5,7-9,15H,3,6,10H2,(H,20,21). The molecule has 0 bridgehead atoms. The van der Waals surface area contributed by atoms with Crippen LogP contribution in [0, 0.1) is 5.82 Å². The van der Waals surface area contributed by atoms with Gasteiger partial charge in [0.15, 0.2) is 0 Å². The molecule has 0 fully saturated rings. The molecule has 108 valence electrons. The van der Waals surface area contributed by atoms with Crippen molar-refractivity contribution < 1.29 is 9.18 Å². The maximum absolute atomic E-state index is 13.5. The molecule has 0 aromatic heterocycles. The van der Waals surface area contributed by atoms with Gasteiger partial charge in [-0.15, -0.1) is 0 Å². The summed E-state index contributed by atoms with van der Waals surface area (Å²) in [5.41, 5.74) is 2.79. The summed E-state index contributed by atoms with van der Waals surface area (Å²) < 4.78 is 13.7. The SMILES string of the molecule is O=C(NC1CCCc2ccccc21)c1cccc(F)c1Br. The zero-order valence-corrected chi connectivity index (χ0v) is 13.0. The maximum atomic E-state index is 13.5. The van der Waals surface area contributed by atoms with E-state index in [-0.39, 0.29) is 16.4 Å². The van der Waals surface area contributed by atoms with Crippen LogP contribution < -0.4 is 5.32 Å². The van der Waals surface area contributed by atoms with Gasteiger partial charge < -0.3 is 5.32 Å². The number of halogens is 2. The van der Waals surface area contributed by atoms with Crippen LogP contribution in [-0.4, -0.2) is 5.91 Å². The summed E-state index contributed by atoms with van der Waals surface area (Å²) in [5.74, 6) is -0.672. The van der Waals surface area contributed by atoms with Gasteiger partial charge in [-0.3, -0.25) is 4.79 Å². The molecule has 1 unspecified atom stereocenters. The summed E-state index contributed by atoms with van der Waals surface area (Å²) in [6.45, 7) is 0. The summed E-state index contributed by atoms with van der Waals surface area (Å²) >= 11 is 3.14. The number of hydrogen-bond acceptors (Lipinski definition) is 1. The largest absolute Gasteiger partial charge is 0.345 e. The number of nitrogens with one attached hydrogen (secondary N) is 1. The van der Waals surface area contributed by atoms with Crippen LogP contribution in [0.15, 0.2) is 46.9 Å². The molecule has 0 saturated heterocycles. The van der Waals surface area contributed by atoms with Gasteiger partial charge in [0.2, 0.25) is 0 Å². The van der Waals surface area contributed by atoms with Gasteiger partial charge in [-0.2, -0.15) is 0 Å². The van der Waals surface area contributed by atoms with E-state index in [0.717, 1.165) is 19.3 Å². The van der Waals surface area contributed by atoms with E-state index in [0.29, 0.717) is 5.56 Å². The number of amides is 1. The minimum atomic E-state index is -0.424. The summed E-state index contributed by atoms with van der Waals surface area (Å²) in [6.07, 6.45) is 3.01. The minimum Gasteiger partial charge on any atom is -0.345 e. The smallest absolute Gasteiger partial charge is 0.253 e. The second-order valence-electron chi connectivity index (χ2n) is 5.22. The van der Waals surface area contributed by atoms with Crippen molar-refractivity contribution in [1.29, 1.82) is 0 Å². The number of aryl methyl sites for hydroxylation is 1. The van der Waals surface area contributed by atoms with Crippen LogP contribution in [0.3, 0.4) is 0 Å². The fourth-order valence-corrected chi connectivity index (χ4v) is 3.26. The highest BCUT2D eigenvalue weighted by molar-refractivity contribution is 9.10. The monoisotopic (exact) mass is 347 g/mol. The lowest BCUT2D eigenvalue weighted by Crippen LogP contribution is -2.31. The highest BCUT2D eigenvalue weighted by Crippen LogP contribution is 2.30. The molecule has 0 saturated carbocycles. The Bertz CT molecular complexity index is 686. The van der Waals surface area contributed by atoms with Crippen LogP contribution in [0.4, 0.5) is 4.39 Å². The third-order valence-electron chi connectivity index (χ3n) is 3.87. The van der Waals surface area contributed by atoms with E-state index < -0.39 is 5.82 Å².